The largest absolute Gasteiger partial charge is 0.396 e. The lowest BCUT2D eigenvalue weighted by atomic mass is 9.99. The smallest absolute Gasteiger partial charge is 0.259 e. The first-order valence-corrected chi connectivity index (χ1v) is 8.03. The van der Waals surface area contributed by atoms with Gasteiger partial charge in [-0.3, -0.25) is 9.20 Å². The number of hydrogen-bond donors (Lipinski definition) is 1. The van der Waals surface area contributed by atoms with Gasteiger partial charge in [-0.2, -0.15) is 0 Å². The summed E-state index contributed by atoms with van der Waals surface area (Å²) in [6.45, 7) is 1.82. The molecule has 23 heavy (non-hydrogen) atoms. The van der Waals surface area contributed by atoms with E-state index in [2.05, 4.69) is 4.90 Å². The third-order valence-electron chi connectivity index (χ3n) is 4.64. The number of pyridine rings is 1. The van der Waals surface area contributed by atoms with E-state index < -0.39 is 0 Å². The van der Waals surface area contributed by atoms with E-state index in [4.69, 9.17) is 4.98 Å². The predicted molar refractivity (Wildman–Crippen MR) is 91.0 cm³/mol. The topological polar surface area (TPSA) is 57.8 Å². The van der Waals surface area contributed by atoms with Gasteiger partial charge in [0.2, 0.25) is 0 Å². The second kappa shape index (κ2) is 5.66. The van der Waals surface area contributed by atoms with E-state index in [-0.39, 0.29) is 18.1 Å². The van der Waals surface area contributed by atoms with Crippen LogP contribution in [0.25, 0.3) is 16.4 Å². The third kappa shape index (κ3) is 2.47. The fourth-order valence-electron chi connectivity index (χ4n) is 3.40. The molecule has 118 valence electrons. The van der Waals surface area contributed by atoms with Crippen LogP contribution in [-0.2, 0) is 0 Å². The lowest BCUT2D eigenvalue weighted by Crippen LogP contribution is -2.38. The summed E-state index contributed by atoms with van der Waals surface area (Å²) in [6.07, 6.45) is 3.83. The molecule has 3 aromatic rings. The van der Waals surface area contributed by atoms with Crippen molar-refractivity contribution in [3.8, 4) is 0 Å². The van der Waals surface area contributed by atoms with Crippen molar-refractivity contribution in [2.75, 3.05) is 24.6 Å². The third-order valence-corrected chi connectivity index (χ3v) is 4.64. The highest BCUT2D eigenvalue weighted by atomic mass is 16.3. The SMILES string of the molecule is O=c1cc(N2CCCC(CO)C2)nc2c3ccccc3ccn12. The number of piperidine rings is 1. The standard InChI is InChI=1S/C18H19N3O2/c22-12-13-4-3-8-20(11-13)16-10-17(23)21-9-7-14-5-1-2-6-15(14)18(21)19-16/h1-2,5-7,9-10,13,22H,3-4,8,11-12H2. The fourth-order valence-corrected chi connectivity index (χ4v) is 3.40. The Balaban J connectivity index is 1.88. The summed E-state index contributed by atoms with van der Waals surface area (Å²) in [5, 5.41) is 11.5. The van der Waals surface area contributed by atoms with Gasteiger partial charge >= 0.3 is 0 Å². The van der Waals surface area contributed by atoms with Crippen molar-refractivity contribution in [2.45, 2.75) is 12.8 Å². The molecule has 5 nitrogen and oxygen atoms in total. The highest BCUT2D eigenvalue weighted by molar-refractivity contribution is 5.94. The number of aromatic nitrogens is 2. The summed E-state index contributed by atoms with van der Waals surface area (Å²) < 4.78 is 1.60. The van der Waals surface area contributed by atoms with Crippen LogP contribution in [-0.4, -0.2) is 34.2 Å². The number of hydrogen-bond acceptors (Lipinski definition) is 4. The Bertz CT molecular complexity index is 919. The van der Waals surface area contributed by atoms with Crippen LogP contribution in [0, 0.1) is 5.92 Å². The molecule has 0 radical (unpaired) electrons. The van der Waals surface area contributed by atoms with Crippen LogP contribution in [0.2, 0.25) is 0 Å². The first-order valence-electron chi connectivity index (χ1n) is 8.03. The zero-order valence-corrected chi connectivity index (χ0v) is 12.9. The molecule has 1 unspecified atom stereocenters. The van der Waals surface area contributed by atoms with Gasteiger partial charge in [0.15, 0.2) is 0 Å². The van der Waals surface area contributed by atoms with Crippen molar-refractivity contribution in [1.82, 2.24) is 9.38 Å². The molecule has 1 aromatic carbocycles. The number of rotatable bonds is 2. The average Bonchev–Trinajstić information content (AvgIpc) is 2.61. The Morgan fingerprint density at radius 1 is 1.26 bits per heavy atom. The minimum absolute atomic E-state index is 0.0677. The molecule has 1 atom stereocenters. The molecule has 1 aliphatic heterocycles. The first-order chi connectivity index (χ1) is 11.3. The maximum atomic E-state index is 12.5. The Hall–Kier alpha value is -2.40. The molecule has 1 fully saturated rings. The molecule has 2 aromatic heterocycles. The average molecular weight is 309 g/mol. The summed E-state index contributed by atoms with van der Waals surface area (Å²) in [5.41, 5.74) is 0.624. The van der Waals surface area contributed by atoms with Crippen LogP contribution >= 0.6 is 0 Å². The molecular weight excluding hydrogens is 290 g/mol. The second-order valence-corrected chi connectivity index (χ2v) is 6.19. The van der Waals surface area contributed by atoms with Gasteiger partial charge < -0.3 is 10.0 Å². The highest BCUT2D eigenvalue weighted by Crippen LogP contribution is 2.23. The molecule has 0 saturated carbocycles. The molecule has 1 N–H and O–H groups in total. The van der Waals surface area contributed by atoms with Crippen molar-refractivity contribution in [1.29, 1.82) is 0 Å². The lowest BCUT2D eigenvalue weighted by molar-refractivity contribution is 0.208. The molecular formula is C18H19N3O2. The lowest BCUT2D eigenvalue weighted by Gasteiger charge is -2.32. The number of nitrogens with zero attached hydrogens (tertiary/aromatic N) is 3. The first kappa shape index (κ1) is 14.2. The van der Waals surface area contributed by atoms with Gasteiger partial charge in [0.25, 0.3) is 5.56 Å². The number of anilines is 1. The minimum Gasteiger partial charge on any atom is -0.396 e. The summed E-state index contributed by atoms with van der Waals surface area (Å²) in [5.74, 6) is 0.973. The normalized spacial score (nSPS) is 18.7. The Kier molecular flexibility index (Phi) is 3.50. The fraction of sp³-hybridized carbons (Fsp3) is 0.333. The molecule has 0 bridgehead atoms. The van der Waals surface area contributed by atoms with E-state index in [1.807, 2.05) is 30.3 Å². The Morgan fingerprint density at radius 2 is 2.13 bits per heavy atom. The van der Waals surface area contributed by atoms with Crippen molar-refractivity contribution in [2.24, 2.45) is 5.92 Å². The van der Waals surface area contributed by atoms with Gasteiger partial charge in [-0.1, -0.05) is 24.3 Å². The molecule has 0 amide bonds. The summed E-state index contributed by atoms with van der Waals surface area (Å²) >= 11 is 0. The zero-order chi connectivity index (χ0) is 15.8. The monoisotopic (exact) mass is 309 g/mol. The van der Waals surface area contributed by atoms with Gasteiger partial charge in [0.1, 0.15) is 11.5 Å². The van der Waals surface area contributed by atoms with E-state index in [0.717, 1.165) is 36.7 Å². The predicted octanol–water partition coefficient (Wildman–Crippen LogP) is 2.06. The van der Waals surface area contributed by atoms with E-state index in [1.54, 1.807) is 16.7 Å². The maximum Gasteiger partial charge on any atom is 0.259 e. The minimum atomic E-state index is -0.0677. The summed E-state index contributed by atoms with van der Waals surface area (Å²) in [7, 11) is 0. The summed E-state index contributed by atoms with van der Waals surface area (Å²) in [4.78, 5) is 19.4. The van der Waals surface area contributed by atoms with Gasteiger partial charge in [0.05, 0.1) is 0 Å². The molecule has 1 aliphatic rings. The molecule has 0 aliphatic carbocycles. The van der Waals surface area contributed by atoms with Gasteiger partial charge in [-0.25, -0.2) is 4.98 Å². The van der Waals surface area contributed by atoms with Crippen LogP contribution in [0.15, 0.2) is 47.4 Å². The number of fused-ring (bicyclic) bond motifs is 3. The van der Waals surface area contributed by atoms with Gasteiger partial charge in [-0.15, -0.1) is 0 Å². The van der Waals surface area contributed by atoms with Crippen molar-refractivity contribution in [3.05, 3.63) is 52.9 Å². The van der Waals surface area contributed by atoms with Crippen LogP contribution in [0.5, 0.6) is 0 Å². The van der Waals surface area contributed by atoms with Crippen LogP contribution in [0.3, 0.4) is 0 Å². The van der Waals surface area contributed by atoms with E-state index in [0.29, 0.717) is 11.5 Å². The molecule has 0 spiro atoms. The summed E-state index contributed by atoms with van der Waals surface area (Å²) in [6, 6.07) is 11.5. The molecule has 1 saturated heterocycles. The van der Waals surface area contributed by atoms with Crippen molar-refractivity contribution < 1.29 is 5.11 Å². The number of aliphatic hydroxyl groups is 1. The van der Waals surface area contributed by atoms with Crippen molar-refractivity contribution >= 4 is 22.2 Å². The highest BCUT2D eigenvalue weighted by Gasteiger charge is 2.21. The molecule has 4 rings (SSSR count). The Morgan fingerprint density at radius 3 is 3.00 bits per heavy atom. The number of benzene rings is 1. The molecule has 3 heterocycles. The van der Waals surface area contributed by atoms with Crippen LogP contribution < -0.4 is 10.5 Å². The maximum absolute atomic E-state index is 12.5. The van der Waals surface area contributed by atoms with Gasteiger partial charge in [-0.05, 0) is 30.2 Å². The number of aliphatic hydroxyl groups excluding tert-OH is 1. The van der Waals surface area contributed by atoms with Gasteiger partial charge in [0, 0.05) is 37.3 Å². The van der Waals surface area contributed by atoms with E-state index >= 15 is 0 Å². The van der Waals surface area contributed by atoms with Crippen LogP contribution in [0.4, 0.5) is 5.82 Å². The van der Waals surface area contributed by atoms with Crippen molar-refractivity contribution in [3.63, 3.8) is 0 Å². The van der Waals surface area contributed by atoms with E-state index in [9.17, 15) is 9.90 Å². The van der Waals surface area contributed by atoms with E-state index in [1.165, 1.54) is 0 Å². The zero-order valence-electron chi connectivity index (χ0n) is 12.9. The van der Waals surface area contributed by atoms with Crippen LogP contribution in [0.1, 0.15) is 12.8 Å². The quantitative estimate of drug-likeness (QED) is 0.736. The Labute approximate surface area is 133 Å². The second-order valence-electron chi connectivity index (χ2n) is 6.19. The molecule has 5 heteroatoms.